The van der Waals surface area contributed by atoms with Gasteiger partial charge in [-0.2, -0.15) is 5.10 Å². The molecule has 2 aromatic rings. The molecule has 0 fully saturated rings. The smallest absolute Gasteiger partial charge is 0.240 e. The highest BCUT2D eigenvalue weighted by Crippen LogP contribution is 2.35. The zero-order valence-corrected chi connectivity index (χ0v) is 17.4. The molecule has 7 nitrogen and oxygen atoms in total. The molecule has 0 aromatic heterocycles. The number of para-hydroxylation sites is 1. The van der Waals surface area contributed by atoms with Gasteiger partial charge in [0.2, 0.25) is 11.8 Å². The molecule has 3 N–H and O–H groups in total. The second-order valence-corrected chi connectivity index (χ2v) is 6.87. The van der Waals surface area contributed by atoms with Crippen LogP contribution < -0.4 is 15.5 Å². The van der Waals surface area contributed by atoms with Crippen molar-refractivity contribution in [1.29, 1.82) is 0 Å². The fourth-order valence-electron chi connectivity index (χ4n) is 2.17. The van der Waals surface area contributed by atoms with Gasteiger partial charge in [-0.25, -0.2) is 5.43 Å². The second-order valence-electron chi connectivity index (χ2n) is 5.60. The highest BCUT2D eigenvalue weighted by molar-refractivity contribution is 9.10. The maximum absolute atomic E-state index is 11.9. The molecule has 2 aromatic carbocycles. The van der Waals surface area contributed by atoms with Crippen molar-refractivity contribution >= 4 is 51.2 Å². The molecule has 28 heavy (non-hydrogen) atoms. The molecular weight excluding hydrogens is 450 g/mol. The number of phenols is 1. The van der Waals surface area contributed by atoms with Gasteiger partial charge in [-0.3, -0.25) is 9.59 Å². The Bertz CT molecular complexity index is 889. The minimum absolute atomic E-state index is 0.00688. The summed E-state index contributed by atoms with van der Waals surface area (Å²) in [4.78, 5) is 23.7. The number of halogens is 2. The van der Waals surface area contributed by atoms with Gasteiger partial charge >= 0.3 is 0 Å². The van der Waals surface area contributed by atoms with Crippen LogP contribution in [0.5, 0.6) is 11.5 Å². The number of hydrazone groups is 1. The van der Waals surface area contributed by atoms with Gasteiger partial charge in [0.1, 0.15) is 0 Å². The predicted molar refractivity (Wildman–Crippen MR) is 112 cm³/mol. The number of rotatable bonds is 8. The third-order valence-corrected chi connectivity index (χ3v) is 4.41. The average Bonchev–Trinajstić information content (AvgIpc) is 2.66. The van der Waals surface area contributed by atoms with Crippen molar-refractivity contribution in [3.8, 4) is 11.5 Å². The Balaban J connectivity index is 1.83. The van der Waals surface area contributed by atoms with E-state index in [4.69, 9.17) is 16.3 Å². The summed E-state index contributed by atoms with van der Waals surface area (Å²) in [5.41, 5.74) is 3.46. The van der Waals surface area contributed by atoms with E-state index in [0.717, 1.165) is 0 Å². The van der Waals surface area contributed by atoms with Crippen molar-refractivity contribution in [3.63, 3.8) is 0 Å². The van der Waals surface area contributed by atoms with Gasteiger partial charge in [-0.15, -0.1) is 0 Å². The summed E-state index contributed by atoms with van der Waals surface area (Å²) in [6.45, 7) is 2.20. The summed E-state index contributed by atoms with van der Waals surface area (Å²) in [5, 5.41) is 16.8. The number of benzene rings is 2. The van der Waals surface area contributed by atoms with Gasteiger partial charge in [0.15, 0.2) is 11.5 Å². The topological polar surface area (TPSA) is 100 Å². The van der Waals surface area contributed by atoms with Crippen LogP contribution >= 0.6 is 27.5 Å². The number of anilines is 1. The Labute approximate surface area is 175 Å². The number of hydrogen-bond donors (Lipinski definition) is 3. The highest BCUT2D eigenvalue weighted by atomic mass is 79.9. The molecule has 2 amide bonds. The first-order valence-corrected chi connectivity index (χ1v) is 9.59. The van der Waals surface area contributed by atoms with Crippen molar-refractivity contribution in [2.45, 2.75) is 19.8 Å². The van der Waals surface area contributed by atoms with Crippen LogP contribution in [0.1, 0.15) is 25.3 Å². The quantitative estimate of drug-likeness (QED) is 0.401. The van der Waals surface area contributed by atoms with E-state index < -0.39 is 5.91 Å². The molecule has 0 bridgehead atoms. The molecule has 0 atom stereocenters. The first kappa shape index (κ1) is 21.7. The number of amides is 2. The zero-order valence-electron chi connectivity index (χ0n) is 15.0. The molecule has 2 rings (SSSR count). The molecule has 0 saturated heterocycles. The summed E-state index contributed by atoms with van der Waals surface area (Å²) in [7, 11) is 0. The Morgan fingerprint density at radius 3 is 2.68 bits per heavy atom. The van der Waals surface area contributed by atoms with E-state index in [-0.39, 0.29) is 24.5 Å². The second kappa shape index (κ2) is 10.7. The Morgan fingerprint density at radius 2 is 1.96 bits per heavy atom. The first-order chi connectivity index (χ1) is 13.4. The van der Waals surface area contributed by atoms with Crippen molar-refractivity contribution < 1.29 is 19.4 Å². The number of hydrogen-bond acceptors (Lipinski definition) is 5. The molecule has 0 spiro atoms. The first-order valence-electron chi connectivity index (χ1n) is 8.42. The molecule has 0 unspecified atom stereocenters. The summed E-state index contributed by atoms with van der Waals surface area (Å²) in [6, 6.07) is 10.1. The van der Waals surface area contributed by atoms with E-state index in [0.29, 0.717) is 33.1 Å². The van der Waals surface area contributed by atoms with E-state index >= 15 is 0 Å². The SMILES string of the molecule is CCOc1cc(C=NNC(=O)CCC(=O)Nc2ccccc2Cl)cc(Br)c1O. The average molecular weight is 469 g/mol. The predicted octanol–water partition coefficient (Wildman–Crippen LogP) is 4.08. The maximum atomic E-state index is 11.9. The molecular formula is C19H19BrClN3O4. The maximum Gasteiger partial charge on any atom is 0.240 e. The number of ether oxygens (including phenoxy) is 1. The van der Waals surface area contributed by atoms with E-state index in [9.17, 15) is 14.7 Å². The van der Waals surface area contributed by atoms with Gasteiger partial charge in [0, 0.05) is 12.8 Å². The van der Waals surface area contributed by atoms with E-state index in [1.54, 1.807) is 43.3 Å². The van der Waals surface area contributed by atoms with Crippen molar-refractivity contribution in [2.24, 2.45) is 5.10 Å². The van der Waals surface area contributed by atoms with Crippen LogP contribution in [-0.2, 0) is 9.59 Å². The van der Waals surface area contributed by atoms with E-state index in [1.807, 2.05) is 0 Å². The minimum Gasteiger partial charge on any atom is -0.503 e. The molecule has 148 valence electrons. The summed E-state index contributed by atoms with van der Waals surface area (Å²) < 4.78 is 5.77. The van der Waals surface area contributed by atoms with E-state index in [2.05, 4.69) is 31.8 Å². The molecule has 0 radical (unpaired) electrons. The van der Waals surface area contributed by atoms with Gasteiger partial charge in [0.25, 0.3) is 0 Å². The van der Waals surface area contributed by atoms with Crippen molar-refractivity contribution in [1.82, 2.24) is 5.43 Å². The largest absolute Gasteiger partial charge is 0.503 e. The highest BCUT2D eigenvalue weighted by Gasteiger charge is 2.10. The lowest BCUT2D eigenvalue weighted by Gasteiger charge is -2.08. The summed E-state index contributed by atoms with van der Waals surface area (Å²) in [6.07, 6.45) is 1.37. The molecule has 9 heteroatoms. The lowest BCUT2D eigenvalue weighted by molar-refractivity contribution is -0.124. The number of carbonyl (C=O) groups excluding carboxylic acids is 2. The monoisotopic (exact) mass is 467 g/mol. The van der Waals surface area contributed by atoms with Crippen molar-refractivity contribution in [3.05, 3.63) is 51.5 Å². The van der Waals surface area contributed by atoms with Gasteiger partial charge in [0.05, 0.1) is 28.0 Å². The van der Waals surface area contributed by atoms with Crippen LogP contribution in [0.2, 0.25) is 5.02 Å². The normalized spacial score (nSPS) is 10.7. The van der Waals surface area contributed by atoms with Crippen LogP contribution in [0.15, 0.2) is 46.0 Å². The third kappa shape index (κ3) is 6.54. The minimum atomic E-state index is -0.409. The standard InChI is InChI=1S/C19H19BrClN3O4/c1-2-28-16-10-12(9-13(20)19(16)27)11-22-24-18(26)8-7-17(25)23-15-6-4-3-5-14(15)21/h3-6,9-11,27H,2,7-8H2,1H3,(H,23,25)(H,24,26). The van der Waals surface area contributed by atoms with E-state index in [1.165, 1.54) is 6.21 Å². The third-order valence-electron chi connectivity index (χ3n) is 3.48. The van der Waals surface area contributed by atoms with Crippen LogP contribution in [0.3, 0.4) is 0 Å². The van der Waals surface area contributed by atoms with Crippen molar-refractivity contribution in [2.75, 3.05) is 11.9 Å². The lowest BCUT2D eigenvalue weighted by atomic mass is 10.2. The molecule has 0 aliphatic carbocycles. The van der Waals surface area contributed by atoms with Crippen LogP contribution in [0, 0.1) is 0 Å². The Hall–Kier alpha value is -2.58. The van der Waals surface area contributed by atoms with Gasteiger partial charge < -0.3 is 15.2 Å². The number of nitrogens with one attached hydrogen (secondary N) is 2. The Kier molecular flexibility index (Phi) is 8.28. The molecule has 0 aliphatic heterocycles. The number of phenolic OH excluding ortho intramolecular Hbond substituents is 1. The van der Waals surface area contributed by atoms with Crippen LogP contribution in [0.4, 0.5) is 5.69 Å². The summed E-state index contributed by atoms with van der Waals surface area (Å²) >= 11 is 9.20. The molecule has 0 heterocycles. The number of carbonyl (C=O) groups is 2. The van der Waals surface area contributed by atoms with Crippen LogP contribution in [-0.4, -0.2) is 29.7 Å². The van der Waals surface area contributed by atoms with Crippen LogP contribution in [0.25, 0.3) is 0 Å². The summed E-state index contributed by atoms with van der Waals surface area (Å²) in [5.74, 6) is -0.432. The lowest BCUT2D eigenvalue weighted by Crippen LogP contribution is -2.20. The van der Waals surface area contributed by atoms with Gasteiger partial charge in [-0.1, -0.05) is 23.7 Å². The molecule has 0 aliphatic rings. The number of aromatic hydroxyl groups is 1. The number of nitrogens with zero attached hydrogens (tertiary/aromatic N) is 1. The molecule has 0 saturated carbocycles. The fraction of sp³-hybridized carbons (Fsp3) is 0.211. The van der Waals surface area contributed by atoms with Gasteiger partial charge in [-0.05, 0) is 52.7 Å². The Morgan fingerprint density at radius 1 is 1.25 bits per heavy atom. The fourth-order valence-corrected chi connectivity index (χ4v) is 2.81. The zero-order chi connectivity index (χ0) is 20.5.